The minimum atomic E-state index is 0.571. The minimum Gasteiger partial charge on any atom is -0.256 e. The van der Waals surface area contributed by atoms with Crippen molar-refractivity contribution >= 4 is 6.08 Å². The summed E-state index contributed by atoms with van der Waals surface area (Å²) in [7, 11) is 0. The molecular weight excluding hydrogens is 1260 g/mol. The third kappa shape index (κ3) is 11.3. The van der Waals surface area contributed by atoms with E-state index in [0.717, 1.165) is 113 Å². The van der Waals surface area contributed by atoms with Crippen LogP contribution in [0.5, 0.6) is 0 Å². The van der Waals surface area contributed by atoms with E-state index in [2.05, 4.69) is 286 Å². The van der Waals surface area contributed by atoms with Crippen molar-refractivity contribution in [3.63, 3.8) is 0 Å². The van der Waals surface area contributed by atoms with E-state index in [1.54, 1.807) is 27.8 Å². The smallest absolute Gasteiger partial charge is 0.0702 e. The molecule has 6 unspecified atom stereocenters. The number of benzene rings is 10. The maximum absolute atomic E-state index is 5.44. The lowest BCUT2D eigenvalue weighted by atomic mass is 9.67. The molecule has 10 aliphatic carbocycles. The van der Waals surface area contributed by atoms with Crippen molar-refractivity contribution in [1.82, 2.24) is 15.0 Å². The molecule has 0 radical (unpaired) electrons. The normalized spacial score (nSPS) is 22.8. The van der Waals surface area contributed by atoms with E-state index >= 15 is 0 Å². The van der Waals surface area contributed by atoms with Gasteiger partial charge in [-0.05, 0) is 332 Å². The first-order valence-corrected chi connectivity index (χ1v) is 39.0. The van der Waals surface area contributed by atoms with Gasteiger partial charge in [0.2, 0.25) is 0 Å². The number of hydrogen-bond donors (Lipinski definition) is 0. The molecule has 10 bridgehead atoms. The Morgan fingerprint density at radius 3 is 0.952 bits per heavy atom. The maximum atomic E-state index is 5.44. The lowest BCUT2D eigenvalue weighted by molar-refractivity contribution is 0.165. The molecule has 6 atom stereocenters. The van der Waals surface area contributed by atoms with Crippen molar-refractivity contribution in [2.24, 2.45) is 29.6 Å². The number of allylic oxidation sites excluding steroid dienone is 1. The molecule has 104 heavy (non-hydrogen) atoms. The van der Waals surface area contributed by atoms with Crippen LogP contribution in [0.1, 0.15) is 153 Å². The molecule has 10 aliphatic rings. The van der Waals surface area contributed by atoms with E-state index in [-0.39, 0.29) is 0 Å². The highest BCUT2D eigenvalue weighted by molar-refractivity contribution is 5.97. The van der Waals surface area contributed by atoms with Gasteiger partial charge in [-0.3, -0.25) is 15.0 Å². The predicted octanol–water partition coefficient (Wildman–Crippen LogP) is 27.0. The molecule has 0 saturated heterocycles. The minimum absolute atomic E-state index is 0.571. The molecule has 0 amide bonds. The summed E-state index contributed by atoms with van der Waals surface area (Å²) >= 11 is 0. The summed E-state index contributed by atoms with van der Waals surface area (Å²) in [4.78, 5) is 16.3. The number of hydrogen-bond acceptors (Lipinski definition) is 3. The summed E-state index contributed by atoms with van der Waals surface area (Å²) in [5, 5.41) is 0. The first-order valence-electron chi connectivity index (χ1n) is 39.0. The number of nitrogens with zero attached hydrogens (tertiary/aromatic N) is 3. The molecule has 3 heteroatoms. The number of rotatable bonds is 12. The zero-order chi connectivity index (χ0) is 68.5. The van der Waals surface area contributed by atoms with Crippen molar-refractivity contribution in [2.75, 3.05) is 0 Å². The van der Waals surface area contributed by atoms with Gasteiger partial charge in [0, 0.05) is 52.0 Å². The molecule has 0 N–H and O–H groups in total. The average Bonchev–Trinajstić information content (AvgIpc) is 1.08. The van der Waals surface area contributed by atoms with Crippen LogP contribution < -0.4 is 0 Å². The molecule has 10 aromatic carbocycles. The molecule has 13 aromatic rings. The van der Waals surface area contributed by atoms with Crippen molar-refractivity contribution in [3.05, 3.63) is 312 Å². The first kappa shape index (κ1) is 62.0. The molecule has 504 valence electrons. The topological polar surface area (TPSA) is 38.7 Å². The largest absolute Gasteiger partial charge is 0.256 e. The summed E-state index contributed by atoms with van der Waals surface area (Å²) in [6.07, 6.45) is 26.3. The molecule has 0 spiro atoms. The van der Waals surface area contributed by atoms with E-state index in [1.807, 2.05) is 0 Å². The molecular formula is C101H85N3. The van der Waals surface area contributed by atoms with E-state index in [1.165, 1.54) is 139 Å². The zero-order valence-electron chi connectivity index (χ0n) is 59.4. The van der Waals surface area contributed by atoms with E-state index < -0.39 is 0 Å². The van der Waals surface area contributed by atoms with Gasteiger partial charge in [-0.1, -0.05) is 201 Å². The average molecular weight is 1340 g/mol. The molecule has 3 heterocycles. The second-order valence-corrected chi connectivity index (χ2v) is 32.9. The van der Waals surface area contributed by atoms with Crippen LogP contribution in [-0.2, 0) is 0 Å². The Labute approximate surface area is 613 Å². The van der Waals surface area contributed by atoms with Crippen LogP contribution in [0.15, 0.2) is 279 Å². The standard InChI is InChI=1S/C101H85N3/c1-61-35-62-39-73-17-18-74(55-93(73)80(36-61)40-62)99-32-24-77(58-102-99)94-52-70(67-11-5-2-6-12-67)19-27-90(94)85-49-86(91-28-20-71(68-13-7-3-8-14-68)53-95(91)78-25-33-100(103-59-78)75-22-30-88-81-41-63-37-64(42-81)46-83(45-63)97(88)56-75)51-87(50-85)92-29-21-72(69-15-9-4-10-16-69)54-96(92)79-26-34-101(104-60-79)76-23-31-89-82-43-65-38-66(44-82)48-84(47-65)98(89)57-76/h2-34,39,49-61,63-66,80-84H,35-38,40-48H2,1H3. The highest BCUT2D eigenvalue weighted by Crippen LogP contribution is 2.59. The Balaban J connectivity index is 0.731. The van der Waals surface area contributed by atoms with Crippen LogP contribution >= 0.6 is 0 Å². The highest BCUT2D eigenvalue weighted by atomic mass is 14.7. The van der Waals surface area contributed by atoms with Crippen LogP contribution in [0.3, 0.4) is 0 Å². The first-order chi connectivity index (χ1) is 51.3. The van der Waals surface area contributed by atoms with E-state index in [9.17, 15) is 0 Å². The quantitative estimate of drug-likeness (QED) is 0.122. The number of aromatic nitrogens is 3. The summed E-state index contributed by atoms with van der Waals surface area (Å²) in [6.45, 7) is 2.42. The fourth-order valence-electron chi connectivity index (χ4n) is 21.7. The van der Waals surface area contributed by atoms with Crippen LogP contribution in [0, 0.1) is 29.6 Å². The number of fused-ring (bicyclic) bond motifs is 4. The summed E-state index contributed by atoms with van der Waals surface area (Å²) in [5.74, 6) is 7.55. The van der Waals surface area contributed by atoms with Crippen molar-refractivity contribution < 1.29 is 0 Å². The van der Waals surface area contributed by atoms with E-state index in [0.29, 0.717) is 35.5 Å². The highest BCUT2D eigenvalue weighted by Gasteiger charge is 2.44. The zero-order valence-corrected chi connectivity index (χ0v) is 59.4. The van der Waals surface area contributed by atoms with Gasteiger partial charge in [-0.2, -0.15) is 0 Å². The van der Waals surface area contributed by atoms with Crippen molar-refractivity contribution in [2.45, 2.75) is 120 Å². The molecule has 0 aliphatic heterocycles. The Morgan fingerprint density at radius 2 is 0.577 bits per heavy atom. The van der Waals surface area contributed by atoms with Gasteiger partial charge in [-0.15, -0.1) is 0 Å². The Hall–Kier alpha value is -10.6. The van der Waals surface area contributed by atoms with E-state index in [4.69, 9.17) is 15.0 Å². The predicted molar refractivity (Wildman–Crippen MR) is 430 cm³/mol. The number of pyridine rings is 3. The van der Waals surface area contributed by atoms with Crippen molar-refractivity contribution in [1.29, 1.82) is 0 Å². The van der Waals surface area contributed by atoms with Gasteiger partial charge in [0.1, 0.15) is 0 Å². The Kier molecular flexibility index (Phi) is 15.1. The van der Waals surface area contributed by atoms with Gasteiger partial charge in [0.15, 0.2) is 0 Å². The summed E-state index contributed by atoms with van der Waals surface area (Å²) in [5.41, 5.74) is 38.1. The third-order valence-corrected chi connectivity index (χ3v) is 26.3. The lowest BCUT2D eigenvalue weighted by Gasteiger charge is -2.38. The summed E-state index contributed by atoms with van der Waals surface area (Å²) < 4.78 is 0. The van der Waals surface area contributed by atoms with Gasteiger partial charge in [0.25, 0.3) is 0 Å². The SMILES string of the molecule is CC1CC2=Cc3ccc(-c4ccc(-c5cc(-c6ccccc6)ccc5-c5cc(-c6ccc(-c7ccccc7)cc6-c6ccc(-c7ccc8c(c7)C7CC9CC(CC8C9)C7)nc6)cc(-c6ccc(-c7ccccc7)cc6-c6ccc(-c7ccc8c(c7)C7CC9CC(CC8C9)C7)nc6)c5)cn4)cc3C(C2)C1. The van der Waals surface area contributed by atoms with Gasteiger partial charge in [0.05, 0.1) is 17.1 Å². The van der Waals surface area contributed by atoms with Crippen LogP contribution in [-0.4, -0.2) is 15.0 Å². The van der Waals surface area contributed by atoms with Crippen molar-refractivity contribution in [3.8, 4) is 134 Å². The third-order valence-electron chi connectivity index (χ3n) is 26.3. The second-order valence-electron chi connectivity index (χ2n) is 32.9. The second kappa shape index (κ2) is 25.4. The molecule has 23 rings (SSSR count). The van der Waals surface area contributed by atoms with Crippen LogP contribution in [0.4, 0.5) is 0 Å². The Morgan fingerprint density at radius 1 is 0.231 bits per heavy atom. The van der Waals surface area contributed by atoms with Crippen LogP contribution in [0.2, 0.25) is 0 Å². The van der Waals surface area contributed by atoms with Gasteiger partial charge < -0.3 is 0 Å². The molecule has 3 nitrogen and oxygen atoms in total. The molecule has 3 aromatic heterocycles. The van der Waals surface area contributed by atoms with Gasteiger partial charge in [-0.25, -0.2) is 0 Å². The lowest BCUT2D eigenvalue weighted by Crippen LogP contribution is -2.25. The fourth-order valence-corrected chi connectivity index (χ4v) is 21.7. The molecule has 5 fully saturated rings. The Bertz CT molecular complexity index is 5270. The fraction of sp³-hybridized carbons (Fsp3) is 0.238. The maximum Gasteiger partial charge on any atom is 0.0702 e. The van der Waals surface area contributed by atoms with Gasteiger partial charge >= 0.3 is 0 Å². The monoisotopic (exact) mass is 1340 g/mol. The van der Waals surface area contributed by atoms with Crippen LogP contribution in [0.25, 0.3) is 140 Å². The molecule has 5 saturated carbocycles. The summed E-state index contributed by atoms with van der Waals surface area (Å²) in [6, 6.07) is 96.9.